The lowest BCUT2D eigenvalue weighted by molar-refractivity contribution is 0.132. The highest BCUT2D eigenvalue weighted by Crippen LogP contribution is 2.15. The third-order valence-electron chi connectivity index (χ3n) is 2.17. The Bertz CT molecular complexity index is 346. The Labute approximate surface area is 107 Å². The van der Waals surface area contributed by atoms with Gasteiger partial charge in [0.05, 0.1) is 18.5 Å². The van der Waals surface area contributed by atoms with Crippen LogP contribution >= 0.6 is 11.6 Å². The van der Waals surface area contributed by atoms with E-state index in [4.69, 9.17) is 22.1 Å². The molecule has 0 aliphatic rings. The molecule has 0 aromatic carbocycles. The maximum atomic E-state index is 5.68. The van der Waals surface area contributed by atoms with Crippen molar-refractivity contribution in [1.82, 2.24) is 9.97 Å². The normalized spacial score (nSPS) is 10.8. The molecule has 0 atom stereocenters. The Morgan fingerprint density at radius 2 is 2.24 bits per heavy atom. The topological polar surface area (TPSA) is 73.1 Å². The summed E-state index contributed by atoms with van der Waals surface area (Å²) in [6.07, 6.45) is 2.55. The van der Waals surface area contributed by atoms with Gasteiger partial charge in [0.2, 0.25) is 5.28 Å². The van der Waals surface area contributed by atoms with Crippen LogP contribution in [0.2, 0.25) is 5.28 Å². The lowest BCUT2D eigenvalue weighted by atomic mass is 10.1. The first-order valence-corrected chi connectivity index (χ1v) is 6.07. The quantitative estimate of drug-likeness (QED) is 0.579. The molecule has 0 aliphatic heterocycles. The largest absolute Gasteiger partial charge is 0.394 e. The molecule has 0 unspecified atom stereocenters. The molecule has 0 saturated heterocycles. The highest BCUT2D eigenvalue weighted by atomic mass is 35.5. The molecule has 1 rings (SSSR count). The summed E-state index contributed by atoms with van der Waals surface area (Å²) < 4.78 is 5.46. The summed E-state index contributed by atoms with van der Waals surface area (Å²) in [5.41, 5.74) is 6.17. The number of nitrogens with two attached hydrogens (primary N) is 1. The van der Waals surface area contributed by atoms with Crippen LogP contribution in [-0.2, 0) is 4.74 Å². The molecule has 0 amide bonds. The van der Waals surface area contributed by atoms with E-state index in [9.17, 15) is 0 Å². The summed E-state index contributed by atoms with van der Waals surface area (Å²) in [5, 5.41) is 3.24. The Balaban J connectivity index is 2.20. The lowest BCUT2D eigenvalue weighted by Gasteiger charge is -2.09. The van der Waals surface area contributed by atoms with Crippen molar-refractivity contribution in [3.8, 4) is 0 Å². The minimum atomic E-state index is 0.183. The summed E-state index contributed by atoms with van der Waals surface area (Å²) >= 11 is 5.67. The maximum Gasteiger partial charge on any atom is 0.224 e. The van der Waals surface area contributed by atoms with Crippen molar-refractivity contribution in [2.24, 2.45) is 5.92 Å². The van der Waals surface area contributed by atoms with E-state index in [2.05, 4.69) is 29.1 Å². The predicted octanol–water partition coefficient (Wildman–Crippen LogP) is 2.19. The van der Waals surface area contributed by atoms with Crippen molar-refractivity contribution in [3.05, 3.63) is 11.5 Å². The Morgan fingerprint density at radius 1 is 1.47 bits per heavy atom. The van der Waals surface area contributed by atoms with Gasteiger partial charge in [0.25, 0.3) is 0 Å². The number of nitrogens with one attached hydrogen (secondary N) is 1. The summed E-state index contributed by atoms with van der Waals surface area (Å²) in [6.45, 7) is 6.39. The van der Waals surface area contributed by atoms with Crippen LogP contribution in [0.1, 0.15) is 20.3 Å². The number of hydrogen-bond acceptors (Lipinski definition) is 5. The summed E-state index contributed by atoms with van der Waals surface area (Å²) in [7, 11) is 0. The van der Waals surface area contributed by atoms with Crippen molar-refractivity contribution in [2.75, 3.05) is 30.8 Å². The van der Waals surface area contributed by atoms with Crippen LogP contribution in [-0.4, -0.2) is 29.7 Å². The van der Waals surface area contributed by atoms with Gasteiger partial charge >= 0.3 is 0 Å². The van der Waals surface area contributed by atoms with Crippen molar-refractivity contribution in [2.45, 2.75) is 20.3 Å². The maximum absolute atomic E-state index is 5.68. The second kappa shape index (κ2) is 7.29. The van der Waals surface area contributed by atoms with Crippen molar-refractivity contribution in [1.29, 1.82) is 0 Å². The van der Waals surface area contributed by atoms with Crippen LogP contribution in [0, 0.1) is 5.92 Å². The highest BCUT2D eigenvalue weighted by molar-refractivity contribution is 6.28. The third-order valence-corrected chi connectivity index (χ3v) is 2.35. The molecule has 6 heteroatoms. The monoisotopic (exact) mass is 258 g/mol. The minimum Gasteiger partial charge on any atom is -0.394 e. The van der Waals surface area contributed by atoms with E-state index < -0.39 is 0 Å². The summed E-state index contributed by atoms with van der Waals surface area (Å²) in [4.78, 5) is 7.76. The molecule has 0 saturated carbocycles. The fraction of sp³-hybridized carbons (Fsp3) is 0.636. The molecule has 0 radical (unpaired) electrons. The van der Waals surface area contributed by atoms with Gasteiger partial charge in [-0.2, -0.15) is 4.98 Å². The fourth-order valence-electron chi connectivity index (χ4n) is 1.17. The van der Waals surface area contributed by atoms with Crippen LogP contribution in [0.25, 0.3) is 0 Å². The first-order valence-electron chi connectivity index (χ1n) is 5.69. The van der Waals surface area contributed by atoms with Gasteiger partial charge in [-0.1, -0.05) is 13.8 Å². The molecule has 0 fully saturated rings. The van der Waals surface area contributed by atoms with Gasteiger partial charge in [0.15, 0.2) is 5.82 Å². The molecule has 3 N–H and O–H groups in total. The van der Waals surface area contributed by atoms with Crippen LogP contribution in [0.15, 0.2) is 6.20 Å². The highest BCUT2D eigenvalue weighted by Gasteiger charge is 2.02. The van der Waals surface area contributed by atoms with Crippen LogP contribution in [0.5, 0.6) is 0 Å². The smallest absolute Gasteiger partial charge is 0.224 e. The zero-order chi connectivity index (χ0) is 12.7. The van der Waals surface area contributed by atoms with E-state index in [0.717, 1.165) is 13.0 Å². The molecular formula is C11H19ClN4O. The zero-order valence-corrected chi connectivity index (χ0v) is 11.0. The first kappa shape index (κ1) is 14.0. The number of halogens is 1. The Hall–Kier alpha value is -1.07. The summed E-state index contributed by atoms with van der Waals surface area (Å²) in [5.74, 6) is 1.22. The number of ether oxygens (including phenoxy) is 1. The fourth-order valence-corrected chi connectivity index (χ4v) is 1.31. The average molecular weight is 259 g/mol. The van der Waals surface area contributed by atoms with E-state index in [1.54, 1.807) is 0 Å². The number of rotatable bonds is 7. The third kappa shape index (κ3) is 5.70. The molecule has 1 aromatic rings. The molecule has 1 aromatic heterocycles. The van der Waals surface area contributed by atoms with E-state index in [1.165, 1.54) is 6.20 Å². The Morgan fingerprint density at radius 3 is 2.94 bits per heavy atom. The standard InChI is InChI=1S/C11H19ClN4O/c1-8(2)3-5-17-6-4-14-10-9(13)7-15-11(12)16-10/h7-8H,3-6,13H2,1-2H3,(H,14,15,16). The average Bonchev–Trinajstić information content (AvgIpc) is 2.27. The number of nitrogen functional groups attached to an aromatic ring is 1. The molecule has 0 bridgehead atoms. The van der Waals surface area contributed by atoms with Gasteiger partial charge < -0.3 is 15.8 Å². The van der Waals surface area contributed by atoms with Crippen LogP contribution < -0.4 is 11.1 Å². The molecular weight excluding hydrogens is 240 g/mol. The molecule has 0 aliphatic carbocycles. The van der Waals surface area contributed by atoms with Gasteiger partial charge in [0, 0.05) is 13.2 Å². The number of aromatic nitrogens is 2. The lowest BCUT2D eigenvalue weighted by Crippen LogP contribution is -2.13. The Kier molecular flexibility index (Phi) is 6.00. The van der Waals surface area contributed by atoms with Crippen molar-refractivity contribution >= 4 is 23.1 Å². The van der Waals surface area contributed by atoms with E-state index in [-0.39, 0.29) is 5.28 Å². The van der Waals surface area contributed by atoms with Gasteiger partial charge in [-0.15, -0.1) is 0 Å². The molecule has 5 nitrogen and oxygen atoms in total. The zero-order valence-electron chi connectivity index (χ0n) is 10.2. The van der Waals surface area contributed by atoms with Crippen LogP contribution in [0.3, 0.4) is 0 Å². The summed E-state index contributed by atoms with van der Waals surface area (Å²) in [6, 6.07) is 0. The minimum absolute atomic E-state index is 0.183. The van der Waals surface area contributed by atoms with Gasteiger partial charge in [0.1, 0.15) is 0 Å². The molecule has 1 heterocycles. The second-order valence-electron chi connectivity index (χ2n) is 4.16. The number of anilines is 2. The second-order valence-corrected chi connectivity index (χ2v) is 4.50. The number of nitrogens with zero attached hydrogens (tertiary/aromatic N) is 2. The van der Waals surface area contributed by atoms with E-state index in [1.807, 2.05) is 0 Å². The van der Waals surface area contributed by atoms with Gasteiger partial charge in [-0.3, -0.25) is 0 Å². The van der Waals surface area contributed by atoms with E-state index >= 15 is 0 Å². The van der Waals surface area contributed by atoms with Crippen molar-refractivity contribution < 1.29 is 4.74 Å². The molecule has 0 spiro atoms. The SMILES string of the molecule is CC(C)CCOCCNc1nc(Cl)ncc1N. The van der Waals surface area contributed by atoms with Gasteiger partial charge in [-0.25, -0.2) is 4.98 Å². The predicted molar refractivity (Wildman–Crippen MR) is 70.2 cm³/mol. The van der Waals surface area contributed by atoms with E-state index in [0.29, 0.717) is 30.6 Å². The van der Waals surface area contributed by atoms with Crippen molar-refractivity contribution in [3.63, 3.8) is 0 Å². The number of hydrogen-bond donors (Lipinski definition) is 2. The molecule has 17 heavy (non-hydrogen) atoms. The van der Waals surface area contributed by atoms with Gasteiger partial charge in [-0.05, 0) is 23.9 Å². The molecule has 96 valence electrons. The first-order chi connectivity index (χ1) is 8.09. The van der Waals surface area contributed by atoms with Crippen LogP contribution in [0.4, 0.5) is 11.5 Å².